The SMILES string of the molecule is Cc1c(C(=O)OCC(=O)NCCC2=CCCCC2)cnn1-c1ccccn1. The van der Waals surface area contributed by atoms with E-state index in [0.29, 0.717) is 23.6 Å². The number of nitrogens with one attached hydrogen (secondary N) is 1. The molecule has 3 rings (SSSR count). The van der Waals surface area contributed by atoms with Crippen molar-refractivity contribution < 1.29 is 14.3 Å². The summed E-state index contributed by atoms with van der Waals surface area (Å²) in [5, 5.41) is 6.98. The number of amides is 1. The molecule has 2 aromatic heterocycles. The number of allylic oxidation sites excluding steroid dienone is 1. The standard InChI is InChI=1S/C20H24N4O3/c1-15-17(13-23-24(15)18-9-5-6-11-21-18)20(26)27-14-19(25)22-12-10-16-7-3-2-4-8-16/h5-7,9,11,13H,2-4,8,10,12,14H2,1H3,(H,22,25). The lowest BCUT2D eigenvalue weighted by atomic mass is 9.97. The summed E-state index contributed by atoms with van der Waals surface area (Å²) in [6.07, 6.45) is 10.9. The molecule has 0 saturated heterocycles. The van der Waals surface area contributed by atoms with Crippen molar-refractivity contribution in [2.45, 2.75) is 39.0 Å². The Hall–Kier alpha value is -2.96. The van der Waals surface area contributed by atoms with Crippen LogP contribution < -0.4 is 5.32 Å². The molecule has 0 spiro atoms. The van der Waals surface area contributed by atoms with Gasteiger partial charge in [0.1, 0.15) is 5.56 Å². The number of rotatable bonds is 7. The van der Waals surface area contributed by atoms with Gasteiger partial charge in [0, 0.05) is 12.7 Å². The predicted molar refractivity (Wildman–Crippen MR) is 101 cm³/mol. The minimum Gasteiger partial charge on any atom is -0.452 e. The number of aromatic nitrogens is 3. The van der Waals surface area contributed by atoms with Crippen molar-refractivity contribution in [1.82, 2.24) is 20.1 Å². The highest BCUT2D eigenvalue weighted by molar-refractivity contribution is 5.92. The fourth-order valence-electron chi connectivity index (χ4n) is 3.07. The van der Waals surface area contributed by atoms with Gasteiger partial charge in [-0.2, -0.15) is 5.10 Å². The monoisotopic (exact) mass is 368 g/mol. The summed E-state index contributed by atoms with van der Waals surface area (Å²) in [5.74, 6) is -0.252. The largest absolute Gasteiger partial charge is 0.452 e. The summed E-state index contributed by atoms with van der Waals surface area (Å²) in [5.41, 5.74) is 2.33. The first kappa shape index (κ1) is 18.8. The van der Waals surface area contributed by atoms with E-state index in [2.05, 4.69) is 21.5 Å². The molecular formula is C20H24N4O3. The van der Waals surface area contributed by atoms with Gasteiger partial charge >= 0.3 is 5.97 Å². The third kappa shape index (κ3) is 5.03. The van der Waals surface area contributed by atoms with Crippen molar-refractivity contribution in [3.05, 3.63) is 53.5 Å². The van der Waals surface area contributed by atoms with Gasteiger partial charge in [-0.1, -0.05) is 17.7 Å². The smallest absolute Gasteiger partial charge is 0.342 e. The summed E-state index contributed by atoms with van der Waals surface area (Å²) in [6, 6.07) is 5.44. The number of hydrogen-bond acceptors (Lipinski definition) is 5. The minimum absolute atomic E-state index is 0.297. The molecule has 0 fully saturated rings. The average Bonchev–Trinajstić information content (AvgIpc) is 3.09. The molecule has 0 bridgehead atoms. The normalized spacial score (nSPS) is 13.7. The zero-order valence-corrected chi connectivity index (χ0v) is 15.5. The first-order chi connectivity index (χ1) is 13.1. The van der Waals surface area contributed by atoms with Gasteiger partial charge in [0.15, 0.2) is 12.4 Å². The number of hydrogen-bond donors (Lipinski definition) is 1. The molecule has 2 heterocycles. The highest BCUT2D eigenvalue weighted by Gasteiger charge is 2.18. The van der Waals surface area contributed by atoms with Gasteiger partial charge in [-0.25, -0.2) is 14.5 Å². The predicted octanol–water partition coefficient (Wildman–Crippen LogP) is 2.74. The summed E-state index contributed by atoms with van der Waals surface area (Å²) < 4.78 is 6.69. The van der Waals surface area contributed by atoms with E-state index in [0.717, 1.165) is 19.3 Å². The Labute approximate surface area is 158 Å². The number of pyridine rings is 1. The molecule has 0 unspecified atom stereocenters. The zero-order valence-electron chi connectivity index (χ0n) is 15.5. The molecule has 1 aliphatic rings. The van der Waals surface area contributed by atoms with Crippen LogP contribution in [0.25, 0.3) is 5.82 Å². The van der Waals surface area contributed by atoms with Crippen molar-refractivity contribution in [2.24, 2.45) is 0 Å². The van der Waals surface area contributed by atoms with Crippen LogP contribution in [0.1, 0.15) is 48.2 Å². The van der Waals surface area contributed by atoms with Crippen LogP contribution in [-0.4, -0.2) is 39.8 Å². The van der Waals surface area contributed by atoms with Crippen LogP contribution in [0, 0.1) is 6.92 Å². The van der Waals surface area contributed by atoms with Crippen LogP contribution in [0.2, 0.25) is 0 Å². The Bertz CT molecular complexity index is 827. The van der Waals surface area contributed by atoms with Crippen molar-refractivity contribution >= 4 is 11.9 Å². The van der Waals surface area contributed by atoms with Crippen molar-refractivity contribution in [1.29, 1.82) is 0 Å². The second kappa shape index (κ2) is 9.12. The molecule has 142 valence electrons. The molecule has 0 aliphatic heterocycles. The third-order valence-electron chi connectivity index (χ3n) is 4.58. The first-order valence-corrected chi connectivity index (χ1v) is 9.23. The number of carbonyl (C=O) groups excluding carboxylic acids is 2. The molecule has 0 atom stereocenters. The average molecular weight is 368 g/mol. The number of carbonyl (C=O) groups is 2. The van der Waals surface area contributed by atoms with Gasteiger partial charge in [0.25, 0.3) is 5.91 Å². The first-order valence-electron chi connectivity index (χ1n) is 9.23. The quantitative estimate of drug-likeness (QED) is 0.600. The van der Waals surface area contributed by atoms with Gasteiger partial charge in [0.2, 0.25) is 0 Å². The number of nitrogens with zero attached hydrogens (tertiary/aromatic N) is 3. The Morgan fingerprint density at radius 1 is 1.30 bits per heavy atom. The molecule has 0 radical (unpaired) electrons. The lowest BCUT2D eigenvalue weighted by Crippen LogP contribution is -2.30. The van der Waals surface area contributed by atoms with Crippen LogP contribution in [0.5, 0.6) is 0 Å². The van der Waals surface area contributed by atoms with Gasteiger partial charge in [-0.15, -0.1) is 0 Å². The Morgan fingerprint density at radius 2 is 2.19 bits per heavy atom. The Balaban J connectivity index is 1.47. The fraction of sp³-hybridized carbons (Fsp3) is 0.400. The van der Waals surface area contributed by atoms with E-state index in [-0.39, 0.29) is 12.5 Å². The maximum absolute atomic E-state index is 12.3. The topological polar surface area (TPSA) is 86.1 Å². The Kier molecular flexibility index (Phi) is 6.35. The van der Waals surface area contributed by atoms with E-state index >= 15 is 0 Å². The van der Waals surface area contributed by atoms with Crippen molar-refractivity contribution in [2.75, 3.05) is 13.2 Å². The van der Waals surface area contributed by atoms with Gasteiger partial charge in [0.05, 0.1) is 11.9 Å². The lowest BCUT2D eigenvalue weighted by molar-refractivity contribution is -0.124. The van der Waals surface area contributed by atoms with Crippen LogP contribution in [0.15, 0.2) is 42.2 Å². The molecule has 0 aromatic carbocycles. The molecule has 7 heteroatoms. The maximum Gasteiger partial charge on any atom is 0.342 e. The minimum atomic E-state index is -0.570. The van der Waals surface area contributed by atoms with Crippen LogP contribution in [0.3, 0.4) is 0 Å². The van der Waals surface area contributed by atoms with E-state index in [9.17, 15) is 9.59 Å². The van der Waals surface area contributed by atoms with E-state index < -0.39 is 5.97 Å². The molecule has 1 amide bonds. The van der Waals surface area contributed by atoms with Gasteiger partial charge in [-0.05, 0) is 51.2 Å². The van der Waals surface area contributed by atoms with Gasteiger partial charge in [-0.3, -0.25) is 4.79 Å². The molecule has 1 aliphatic carbocycles. The molecule has 7 nitrogen and oxygen atoms in total. The molecular weight excluding hydrogens is 344 g/mol. The number of esters is 1. The van der Waals surface area contributed by atoms with Crippen molar-refractivity contribution in [3.8, 4) is 5.82 Å². The summed E-state index contributed by atoms with van der Waals surface area (Å²) in [7, 11) is 0. The van der Waals surface area contributed by atoms with Crippen LogP contribution >= 0.6 is 0 Å². The lowest BCUT2D eigenvalue weighted by Gasteiger charge is -2.13. The molecule has 1 N–H and O–H groups in total. The summed E-state index contributed by atoms with van der Waals surface area (Å²) in [6.45, 7) is 2.03. The number of ether oxygens (including phenoxy) is 1. The highest BCUT2D eigenvalue weighted by atomic mass is 16.5. The fourth-order valence-corrected chi connectivity index (χ4v) is 3.07. The second-order valence-electron chi connectivity index (χ2n) is 6.53. The summed E-state index contributed by atoms with van der Waals surface area (Å²) in [4.78, 5) is 28.4. The zero-order chi connectivity index (χ0) is 19.1. The highest BCUT2D eigenvalue weighted by Crippen LogP contribution is 2.19. The van der Waals surface area contributed by atoms with E-state index in [4.69, 9.17) is 4.74 Å². The van der Waals surface area contributed by atoms with Crippen molar-refractivity contribution in [3.63, 3.8) is 0 Å². The van der Waals surface area contributed by atoms with E-state index in [1.807, 2.05) is 6.07 Å². The van der Waals surface area contributed by atoms with Gasteiger partial charge < -0.3 is 10.1 Å². The third-order valence-corrected chi connectivity index (χ3v) is 4.58. The van der Waals surface area contributed by atoms with Crippen LogP contribution in [0.4, 0.5) is 0 Å². The second-order valence-corrected chi connectivity index (χ2v) is 6.53. The van der Waals surface area contributed by atoms with E-state index in [1.165, 1.54) is 24.6 Å². The molecule has 27 heavy (non-hydrogen) atoms. The molecule has 0 saturated carbocycles. The van der Waals surface area contributed by atoms with E-state index in [1.54, 1.807) is 29.9 Å². The maximum atomic E-state index is 12.3. The Morgan fingerprint density at radius 3 is 2.93 bits per heavy atom. The van der Waals surface area contributed by atoms with Crippen LogP contribution in [-0.2, 0) is 9.53 Å². The molecule has 2 aromatic rings. The summed E-state index contributed by atoms with van der Waals surface area (Å²) >= 11 is 0.